The molecule has 0 N–H and O–H groups in total. The van der Waals surface area contributed by atoms with Gasteiger partial charge in [0.15, 0.2) is 0 Å². The molecule has 5 nitrogen and oxygen atoms in total. The second kappa shape index (κ2) is 6.71. The Morgan fingerprint density at radius 2 is 2.19 bits per heavy atom. The number of hydrogen-bond donors (Lipinski definition) is 0. The van der Waals surface area contributed by atoms with Crippen LogP contribution in [0.5, 0.6) is 5.88 Å². The van der Waals surface area contributed by atoms with Crippen LogP contribution in [0.15, 0.2) is 6.33 Å². The molecule has 5 heteroatoms. The summed E-state index contributed by atoms with van der Waals surface area (Å²) in [6.45, 7) is 9.20. The molecule has 1 atom stereocenters. The molecule has 116 valence electrons. The number of rotatable bonds is 4. The third-order valence-corrected chi connectivity index (χ3v) is 4.23. The van der Waals surface area contributed by atoms with Crippen molar-refractivity contribution in [3.05, 3.63) is 17.6 Å². The minimum absolute atomic E-state index is 0.152. The lowest BCUT2D eigenvalue weighted by molar-refractivity contribution is 0.168. The smallest absolute Gasteiger partial charge is 0.220 e. The van der Waals surface area contributed by atoms with Crippen molar-refractivity contribution in [2.75, 3.05) is 32.8 Å². The summed E-state index contributed by atoms with van der Waals surface area (Å²) in [6, 6.07) is 0. The Kier molecular flexibility index (Phi) is 4.70. The van der Waals surface area contributed by atoms with E-state index in [-0.39, 0.29) is 6.10 Å². The first-order valence-electron chi connectivity index (χ1n) is 8.02. The Balaban J connectivity index is 1.67. The summed E-state index contributed by atoms with van der Waals surface area (Å²) in [5.41, 5.74) is 2.36. The molecule has 0 saturated carbocycles. The van der Waals surface area contributed by atoms with Gasteiger partial charge in [0.05, 0.1) is 18.4 Å². The van der Waals surface area contributed by atoms with Crippen molar-refractivity contribution in [1.29, 1.82) is 0 Å². The molecule has 0 bridgehead atoms. The van der Waals surface area contributed by atoms with Gasteiger partial charge in [-0.2, -0.15) is 0 Å². The molecule has 1 aromatic rings. The minimum Gasteiger partial charge on any atom is -0.475 e. The van der Waals surface area contributed by atoms with Gasteiger partial charge in [0.25, 0.3) is 0 Å². The molecular weight excluding hydrogens is 266 g/mol. The van der Waals surface area contributed by atoms with Crippen LogP contribution in [-0.4, -0.2) is 53.8 Å². The second-order valence-electron chi connectivity index (χ2n) is 6.30. The number of aromatic nitrogens is 2. The largest absolute Gasteiger partial charge is 0.475 e. The molecule has 0 radical (unpaired) electrons. The van der Waals surface area contributed by atoms with Crippen LogP contribution in [0.4, 0.5) is 0 Å². The lowest BCUT2D eigenvalue weighted by atomic mass is 10.1. The maximum atomic E-state index is 5.85. The quantitative estimate of drug-likeness (QED) is 0.845. The molecule has 21 heavy (non-hydrogen) atoms. The summed E-state index contributed by atoms with van der Waals surface area (Å²) in [6.07, 6.45) is 4.95. The fourth-order valence-electron chi connectivity index (χ4n) is 3.14. The fourth-order valence-corrected chi connectivity index (χ4v) is 3.14. The Bertz CT molecular complexity index is 473. The van der Waals surface area contributed by atoms with Gasteiger partial charge >= 0.3 is 0 Å². The highest BCUT2D eigenvalue weighted by Gasteiger charge is 2.23. The highest BCUT2D eigenvalue weighted by Crippen LogP contribution is 2.24. The standard InChI is InChI=1S/C16H25N3O2/c1-12(2)21-16-14-3-6-19(9-13-5-8-20-10-13)7-4-15(14)17-11-18-16/h11-13H,3-10H2,1-2H3. The Morgan fingerprint density at radius 1 is 1.33 bits per heavy atom. The van der Waals surface area contributed by atoms with Crippen molar-refractivity contribution >= 4 is 0 Å². The maximum Gasteiger partial charge on any atom is 0.220 e. The predicted molar refractivity (Wildman–Crippen MR) is 80.6 cm³/mol. The van der Waals surface area contributed by atoms with Crippen LogP contribution in [-0.2, 0) is 17.6 Å². The molecule has 0 aromatic carbocycles. The molecule has 1 aromatic heterocycles. The normalized spacial score (nSPS) is 23.1. The van der Waals surface area contributed by atoms with E-state index in [9.17, 15) is 0 Å². The summed E-state index contributed by atoms with van der Waals surface area (Å²) in [7, 11) is 0. The van der Waals surface area contributed by atoms with Gasteiger partial charge in [0.1, 0.15) is 6.33 Å². The van der Waals surface area contributed by atoms with Crippen LogP contribution in [0, 0.1) is 5.92 Å². The van der Waals surface area contributed by atoms with Gasteiger partial charge in [-0.15, -0.1) is 0 Å². The third-order valence-electron chi connectivity index (χ3n) is 4.23. The molecule has 0 spiro atoms. The summed E-state index contributed by atoms with van der Waals surface area (Å²) >= 11 is 0. The van der Waals surface area contributed by atoms with Gasteiger partial charge in [-0.25, -0.2) is 9.97 Å². The number of hydrogen-bond acceptors (Lipinski definition) is 5. The average Bonchev–Trinajstić information content (AvgIpc) is 2.86. The van der Waals surface area contributed by atoms with Crippen LogP contribution >= 0.6 is 0 Å². The maximum absolute atomic E-state index is 5.85. The van der Waals surface area contributed by atoms with Crippen LogP contribution in [0.2, 0.25) is 0 Å². The van der Waals surface area contributed by atoms with Gasteiger partial charge in [-0.3, -0.25) is 0 Å². The number of nitrogens with zero attached hydrogens (tertiary/aromatic N) is 3. The lowest BCUT2D eigenvalue weighted by Crippen LogP contribution is -2.32. The van der Waals surface area contributed by atoms with E-state index in [0.29, 0.717) is 5.92 Å². The fraction of sp³-hybridized carbons (Fsp3) is 0.750. The topological polar surface area (TPSA) is 47.5 Å². The molecule has 2 aliphatic heterocycles. The Hall–Kier alpha value is -1.20. The summed E-state index contributed by atoms with van der Waals surface area (Å²) in [4.78, 5) is 11.3. The summed E-state index contributed by atoms with van der Waals surface area (Å²) in [5.74, 6) is 1.48. The van der Waals surface area contributed by atoms with Crippen LogP contribution < -0.4 is 4.74 Å². The van der Waals surface area contributed by atoms with E-state index in [2.05, 4.69) is 14.9 Å². The van der Waals surface area contributed by atoms with Crippen molar-refractivity contribution in [3.8, 4) is 5.88 Å². The van der Waals surface area contributed by atoms with E-state index in [0.717, 1.165) is 57.3 Å². The zero-order chi connectivity index (χ0) is 14.7. The van der Waals surface area contributed by atoms with E-state index >= 15 is 0 Å². The van der Waals surface area contributed by atoms with Gasteiger partial charge in [0, 0.05) is 38.2 Å². The van der Waals surface area contributed by atoms with Crippen LogP contribution in [0.3, 0.4) is 0 Å². The SMILES string of the molecule is CC(C)Oc1ncnc2c1CCN(CC1CCOC1)CC2. The zero-order valence-electron chi connectivity index (χ0n) is 13.0. The first-order chi connectivity index (χ1) is 10.2. The molecule has 1 saturated heterocycles. The van der Waals surface area contributed by atoms with E-state index in [1.54, 1.807) is 6.33 Å². The van der Waals surface area contributed by atoms with E-state index in [4.69, 9.17) is 9.47 Å². The zero-order valence-corrected chi connectivity index (χ0v) is 13.0. The highest BCUT2D eigenvalue weighted by molar-refractivity contribution is 5.31. The molecule has 0 amide bonds. The van der Waals surface area contributed by atoms with Crippen molar-refractivity contribution < 1.29 is 9.47 Å². The molecule has 1 fully saturated rings. The second-order valence-corrected chi connectivity index (χ2v) is 6.30. The monoisotopic (exact) mass is 291 g/mol. The first kappa shape index (κ1) is 14.7. The number of fused-ring (bicyclic) bond motifs is 1. The first-order valence-corrected chi connectivity index (χ1v) is 8.02. The third kappa shape index (κ3) is 3.71. The lowest BCUT2D eigenvalue weighted by Gasteiger charge is -2.22. The van der Waals surface area contributed by atoms with E-state index in [1.165, 1.54) is 12.0 Å². The average molecular weight is 291 g/mol. The summed E-state index contributed by atoms with van der Waals surface area (Å²) < 4.78 is 11.3. The van der Waals surface area contributed by atoms with Crippen LogP contribution in [0.1, 0.15) is 31.5 Å². The van der Waals surface area contributed by atoms with Gasteiger partial charge < -0.3 is 14.4 Å². The van der Waals surface area contributed by atoms with Gasteiger partial charge in [0.2, 0.25) is 5.88 Å². The highest BCUT2D eigenvalue weighted by atomic mass is 16.5. The minimum atomic E-state index is 0.152. The molecule has 1 unspecified atom stereocenters. The van der Waals surface area contributed by atoms with Crippen LogP contribution in [0.25, 0.3) is 0 Å². The molecule has 2 aliphatic rings. The van der Waals surface area contributed by atoms with Crippen molar-refractivity contribution in [3.63, 3.8) is 0 Å². The van der Waals surface area contributed by atoms with E-state index in [1.807, 2.05) is 13.8 Å². The van der Waals surface area contributed by atoms with Crippen molar-refractivity contribution in [2.45, 2.75) is 39.2 Å². The molecule has 3 rings (SSSR count). The molecular formula is C16H25N3O2. The Labute approximate surface area is 126 Å². The number of ether oxygens (including phenoxy) is 2. The summed E-state index contributed by atoms with van der Waals surface area (Å²) in [5, 5.41) is 0. The predicted octanol–water partition coefficient (Wildman–Crippen LogP) is 1.70. The van der Waals surface area contributed by atoms with Gasteiger partial charge in [-0.05, 0) is 32.6 Å². The molecule has 0 aliphatic carbocycles. The van der Waals surface area contributed by atoms with Crippen molar-refractivity contribution in [1.82, 2.24) is 14.9 Å². The van der Waals surface area contributed by atoms with E-state index < -0.39 is 0 Å². The van der Waals surface area contributed by atoms with Gasteiger partial charge in [-0.1, -0.05) is 0 Å². The van der Waals surface area contributed by atoms with Crippen molar-refractivity contribution in [2.24, 2.45) is 5.92 Å². The molecule has 3 heterocycles. The Morgan fingerprint density at radius 3 is 2.95 bits per heavy atom.